The molecule has 0 aliphatic carbocycles. The van der Waals surface area contributed by atoms with Crippen molar-refractivity contribution in [1.29, 1.82) is 0 Å². The van der Waals surface area contributed by atoms with Gasteiger partial charge in [-0.3, -0.25) is 4.79 Å². The van der Waals surface area contributed by atoms with Crippen molar-refractivity contribution in [1.82, 2.24) is 10.3 Å². The van der Waals surface area contributed by atoms with E-state index in [1.165, 1.54) is 0 Å². The van der Waals surface area contributed by atoms with Gasteiger partial charge in [-0.05, 0) is 31.0 Å². The van der Waals surface area contributed by atoms with Crippen LogP contribution in [0, 0.1) is 6.92 Å². The summed E-state index contributed by atoms with van der Waals surface area (Å²) >= 11 is 1.64. The average Bonchev–Trinajstić information content (AvgIpc) is 2.82. The highest BCUT2D eigenvalue weighted by atomic mass is 32.1. The molecule has 1 amide bonds. The third kappa shape index (κ3) is 4.66. The molecule has 2 aromatic rings. The lowest BCUT2D eigenvalue weighted by Gasteiger charge is -2.05. The minimum absolute atomic E-state index is 0.0701. The van der Waals surface area contributed by atoms with Crippen molar-refractivity contribution in [3.8, 4) is 0 Å². The fraction of sp³-hybridized carbons (Fsp3) is 0.333. The number of carbonyl (C=O) groups is 1. The fourth-order valence-corrected chi connectivity index (χ4v) is 2.70. The number of nitrogens with one attached hydrogen (secondary N) is 1. The predicted molar refractivity (Wildman–Crippen MR) is 82.7 cm³/mol. The molecule has 0 saturated heterocycles. The third-order valence-corrected chi connectivity index (χ3v) is 3.95. The van der Waals surface area contributed by atoms with E-state index in [4.69, 9.17) is 5.73 Å². The van der Waals surface area contributed by atoms with Crippen LogP contribution in [0.3, 0.4) is 0 Å². The molecule has 1 heterocycles. The molecule has 4 nitrogen and oxygen atoms in total. The third-order valence-electron chi connectivity index (χ3n) is 2.92. The molecule has 0 spiro atoms. The summed E-state index contributed by atoms with van der Waals surface area (Å²) in [6.45, 7) is 2.62. The Morgan fingerprint density at radius 1 is 1.40 bits per heavy atom. The summed E-state index contributed by atoms with van der Waals surface area (Å²) in [6, 6.07) is 7.65. The maximum absolute atomic E-state index is 11.7. The first-order chi connectivity index (χ1) is 9.63. The van der Waals surface area contributed by atoms with Gasteiger partial charge in [0.1, 0.15) is 0 Å². The van der Waals surface area contributed by atoms with Crippen molar-refractivity contribution in [3.05, 3.63) is 45.9 Å². The maximum atomic E-state index is 11.7. The minimum Gasteiger partial charge on any atom is -0.399 e. The summed E-state index contributed by atoms with van der Waals surface area (Å²) in [5.41, 5.74) is 8.58. The Kier molecular flexibility index (Phi) is 5.12. The number of hydrogen-bond acceptors (Lipinski definition) is 4. The van der Waals surface area contributed by atoms with E-state index in [0.29, 0.717) is 19.4 Å². The molecule has 0 aliphatic rings. The molecule has 1 aromatic carbocycles. The van der Waals surface area contributed by atoms with Crippen LogP contribution < -0.4 is 11.1 Å². The van der Waals surface area contributed by atoms with Crippen LogP contribution in [-0.4, -0.2) is 17.4 Å². The van der Waals surface area contributed by atoms with E-state index in [9.17, 15) is 4.79 Å². The van der Waals surface area contributed by atoms with Crippen LogP contribution >= 0.6 is 11.3 Å². The fourth-order valence-electron chi connectivity index (χ4n) is 1.92. The second kappa shape index (κ2) is 7.05. The number of thiazole rings is 1. The highest BCUT2D eigenvalue weighted by Gasteiger charge is 2.03. The van der Waals surface area contributed by atoms with Gasteiger partial charge in [-0.2, -0.15) is 0 Å². The molecule has 5 heteroatoms. The van der Waals surface area contributed by atoms with Gasteiger partial charge in [0.2, 0.25) is 5.91 Å². The lowest BCUT2D eigenvalue weighted by atomic mass is 10.1. The molecule has 0 radical (unpaired) electrons. The molecule has 0 fully saturated rings. The first-order valence-corrected chi connectivity index (χ1v) is 7.53. The first-order valence-electron chi connectivity index (χ1n) is 6.65. The van der Waals surface area contributed by atoms with Gasteiger partial charge in [-0.1, -0.05) is 12.1 Å². The Morgan fingerprint density at radius 2 is 2.25 bits per heavy atom. The molecule has 20 heavy (non-hydrogen) atoms. The molecule has 0 aliphatic heterocycles. The van der Waals surface area contributed by atoms with Gasteiger partial charge in [0.05, 0.1) is 5.01 Å². The van der Waals surface area contributed by atoms with Crippen LogP contribution in [0.1, 0.15) is 22.7 Å². The topological polar surface area (TPSA) is 68.0 Å². The standard InChI is InChI=1S/C15H19N3OS/c1-11-10-20-15(18-11)7-8-17-14(19)6-5-12-3-2-4-13(16)9-12/h2-4,9-10H,5-8,16H2,1H3,(H,17,19). The van der Waals surface area contributed by atoms with E-state index < -0.39 is 0 Å². The number of nitrogens with zero attached hydrogens (tertiary/aromatic N) is 1. The summed E-state index contributed by atoms with van der Waals surface area (Å²) < 4.78 is 0. The lowest BCUT2D eigenvalue weighted by Crippen LogP contribution is -2.25. The molecule has 106 valence electrons. The van der Waals surface area contributed by atoms with Crippen LogP contribution in [0.5, 0.6) is 0 Å². The smallest absolute Gasteiger partial charge is 0.220 e. The summed E-state index contributed by atoms with van der Waals surface area (Å²) in [5, 5.41) is 6.01. The van der Waals surface area contributed by atoms with Gasteiger partial charge in [0.25, 0.3) is 0 Å². The number of aryl methyl sites for hydroxylation is 2. The van der Waals surface area contributed by atoms with Crippen molar-refractivity contribution in [3.63, 3.8) is 0 Å². The first kappa shape index (κ1) is 14.5. The van der Waals surface area contributed by atoms with Crippen molar-refractivity contribution < 1.29 is 4.79 Å². The number of amides is 1. The van der Waals surface area contributed by atoms with Gasteiger partial charge >= 0.3 is 0 Å². The lowest BCUT2D eigenvalue weighted by molar-refractivity contribution is -0.121. The van der Waals surface area contributed by atoms with Crippen LogP contribution in [-0.2, 0) is 17.6 Å². The van der Waals surface area contributed by atoms with Crippen molar-refractivity contribution in [2.24, 2.45) is 0 Å². The normalized spacial score (nSPS) is 10.4. The van der Waals surface area contributed by atoms with Crippen molar-refractivity contribution in [2.75, 3.05) is 12.3 Å². The number of rotatable bonds is 6. The Hall–Kier alpha value is -1.88. The van der Waals surface area contributed by atoms with Gasteiger partial charge in [-0.15, -0.1) is 11.3 Å². The van der Waals surface area contributed by atoms with E-state index in [2.05, 4.69) is 10.3 Å². The quantitative estimate of drug-likeness (QED) is 0.802. The van der Waals surface area contributed by atoms with E-state index >= 15 is 0 Å². The zero-order valence-electron chi connectivity index (χ0n) is 11.6. The minimum atomic E-state index is 0.0701. The summed E-state index contributed by atoms with van der Waals surface area (Å²) in [5.74, 6) is 0.0701. The van der Waals surface area contributed by atoms with E-state index in [-0.39, 0.29) is 5.91 Å². The zero-order chi connectivity index (χ0) is 14.4. The highest BCUT2D eigenvalue weighted by Crippen LogP contribution is 2.09. The molecule has 1 aromatic heterocycles. The number of anilines is 1. The van der Waals surface area contributed by atoms with Gasteiger partial charge < -0.3 is 11.1 Å². The highest BCUT2D eigenvalue weighted by molar-refractivity contribution is 7.09. The molecular formula is C15H19N3OS. The molecule has 3 N–H and O–H groups in total. The SMILES string of the molecule is Cc1csc(CCNC(=O)CCc2cccc(N)c2)n1. The molecule has 0 bridgehead atoms. The summed E-state index contributed by atoms with van der Waals surface area (Å²) in [4.78, 5) is 16.1. The Labute approximate surface area is 123 Å². The molecule has 0 atom stereocenters. The average molecular weight is 289 g/mol. The second-order valence-corrected chi connectivity index (χ2v) is 5.67. The Bertz CT molecular complexity index is 580. The number of hydrogen-bond donors (Lipinski definition) is 2. The van der Waals surface area contributed by atoms with Crippen LogP contribution in [0.2, 0.25) is 0 Å². The monoisotopic (exact) mass is 289 g/mol. The number of carbonyl (C=O) groups excluding carboxylic acids is 1. The van der Waals surface area contributed by atoms with Crippen LogP contribution in [0.25, 0.3) is 0 Å². The van der Waals surface area contributed by atoms with E-state index in [1.807, 2.05) is 36.6 Å². The summed E-state index contributed by atoms with van der Waals surface area (Å²) in [7, 11) is 0. The number of nitrogen functional groups attached to an aromatic ring is 1. The molecule has 2 rings (SSSR count). The summed E-state index contributed by atoms with van der Waals surface area (Å²) in [6.07, 6.45) is 2.00. The second-order valence-electron chi connectivity index (χ2n) is 4.73. The molecule has 0 unspecified atom stereocenters. The van der Waals surface area contributed by atoms with Crippen molar-refractivity contribution in [2.45, 2.75) is 26.2 Å². The number of nitrogens with two attached hydrogens (primary N) is 1. The van der Waals surface area contributed by atoms with Gasteiger partial charge in [0.15, 0.2) is 0 Å². The van der Waals surface area contributed by atoms with E-state index in [1.54, 1.807) is 11.3 Å². The van der Waals surface area contributed by atoms with Crippen LogP contribution in [0.4, 0.5) is 5.69 Å². The number of benzene rings is 1. The Balaban J connectivity index is 1.68. The van der Waals surface area contributed by atoms with Crippen molar-refractivity contribution >= 4 is 22.9 Å². The van der Waals surface area contributed by atoms with Crippen LogP contribution in [0.15, 0.2) is 29.6 Å². The maximum Gasteiger partial charge on any atom is 0.220 e. The predicted octanol–water partition coefficient (Wildman–Crippen LogP) is 2.33. The van der Waals surface area contributed by atoms with E-state index in [0.717, 1.165) is 28.4 Å². The largest absolute Gasteiger partial charge is 0.399 e. The van der Waals surface area contributed by atoms with Gasteiger partial charge in [0, 0.05) is 36.1 Å². The Morgan fingerprint density at radius 3 is 2.95 bits per heavy atom. The van der Waals surface area contributed by atoms with Gasteiger partial charge in [-0.25, -0.2) is 4.98 Å². The zero-order valence-corrected chi connectivity index (χ0v) is 12.4. The number of aromatic nitrogens is 1. The molecule has 0 saturated carbocycles. The molecular weight excluding hydrogens is 270 g/mol.